The number of carbonyl (C=O) groups is 1. The van der Waals surface area contributed by atoms with Crippen molar-refractivity contribution in [3.8, 4) is 11.5 Å². The number of amides is 1. The van der Waals surface area contributed by atoms with Crippen LogP contribution in [0, 0.1) is 6.92 Å². The monoisotopic (exact) mass is 449 g/mol. The fourth-order valence-electron chi connectivity index (χ4n) is 4.00. The molecule has 0 saturated heterocycles. The van der Waals surface area contributed by atoms with Crippen LogP contribution in [-0.2, 0) is 0 Å². The number of hydrogen-bond acceptors (Lipinski definition) is 8. The molecule has 32 heavy (non-hydrogen) atoms. The van der Waals surface area contributed by atoms with Gasteiger partial charge in [0.15, 0.2) is 16.9 Å². The Kier molecular flexibility index (Phi) is 4.90. The van der Waals surface area contributed by atoms with Gasteiger partial charge < -0.3 is 13.9 Å². The number of nitrogens with zero attached hydrogens (tertiary/aromatic N) is 3. The second-order valence-corrected chi connectivity index (χ2v) is 8.13. The van der Waals surface area contributed by atoms with E-state index in [-0.39, 0.29) is 16.8 Å². The summed E-state index contributed by atoms with van der Waals surface area (Å²) in [6, 6.07) is 9.94. The van der Waals surface area contributed by atoms with Gasteiger partial charge in [0, 0.05) is 0 Å². The Morgan fingerprint density at radius 1 is 1.16 bits per heavy atom. The number of fused-ring (bicyclic) bond motifs is 2. The number of carbonyl (C=O) groups excluding carboxylic acids is 1. The Morgan fingerprint density at radius 3 is 2.72 bits per heavy atom. The molecule has 5 rings (SSSR count). The van der Waals surface area contributed by atoms with Gasteiger partial charge >= 0.3 is 0 Å². The number of hydrogen-bond donors (Lipinski definition) is 0. The van der Waals surface area contributed by atoms with E-state index in [0.717, 1.165) is 5.56 Å². The zero-order valence-electron chi connectivity index (χ0n) is 17.6. The van der Waals surface area contributed by atoms with E-state index >= 15 is 0 Å². The molecule has 3 heterocycles. The van der Waals surface area contributed by atoms with Crippen molar-refractivity contribution in [2.75, 3.05) is 18.6 Å². The van der Waals surface area contributed by atoms with Crippen LogP contribution in [0.1, 0.15) is 40.2 Å². The highest BCUT2D eigenvalue weighted by atomic mass is 32.1. The van der Waals surface area contributed by atoms with Gasteiger partial charge in [-0.1, -0.05) is 29.0 Å². The molecule has 4 aromatic rings. The van der Waals surface area contributed by atoms with Crippen LogP contribution in [0.15, 0.2) is 51.1 Å². The summed E-state index contributed by atoms with van der Waals surface area (Å²) in [6.07, 6.45) is 0. The van der Waals surface area contributed by atoms with E-state index in [1.54, 1.807) is 31.4 Å². The summed E-state index contributed by atoms with van der Waals surface area (Å²) in [5.74, 6) is 0.656. The van der Waals surface area contributed by atoms with Crippen molar-refractivity contribution in [3.05, 3.63) is 74.6 Å². The van der Waals surface area contributed by atoms with E-state index in [1.807, 2.05) is 26.0 Å². The first kappa shape index (κ1) is 20.2. The van der Waals surface area contributed by atoms with Crippen LogP contribution in [0.3, 0.4) is 0 Å². The molecule has 1 aliphatic heterocycles. The van der Waals surface area contributed by atoms with E-state index in [2.05, 4.69) is 10.2 Å². The number of anilines is 1. The standard InChI is InChI=1S/C23H19N3O5S/c1-4-30-16-8-6-13(10-17(16)29-3)19-18-20(27)14-9-12(2)5-7-15(14)31-21(18)22(28)26(19)23-25-24-11-32-23/h5-11,19H,4H2,1-3H3/t19-/m0/s1. The van der Waals surface area contributed by atoms with Crippen LogP contribution < -0.4 is 19.8 Å². The van der Waals surface area contributed by atoms with Crippen molar-refractivity contribution in [1.29, 1.82) is 0 Å². The summed E-state index contributed by atoms with van der Waals surface area (Å²) in [7, 11) is 1.54. The van der Waals surface area contributed by atoms with Crippen LogP contribution in [0.4, 0.5) is 5.13 Å². The van der Waals surface area contributed by atoms with Crippen molar-refractivity contribution in [3.63, 3.8) is 0 Å². The molecule has 1 atom stereocenters. The second kappa shape index (κ2) is 7.76. The number of rotatable bonds is 5. The molecule has 0 bridgehead atoms. The molecule has 0 radical (unpaired) electrons. The zero-order valence-corrected chi connectivity index (χ0v) is 18.4. The number of aromatic nitrogens is 2. The predicted octanol–water partition coefficient (Wildman–Crippen LogP) is 4.11. The fourth-order valence-corrected chi connectivity index (χ4v) is 4.59. The molecule has 0 aliphatic carbocycles. The third-order valence-corrected chi connectivity index (χ3v) is 6.07. The maximum atomic E-state index is 13.6. The minimum Gasteiger partial charge on any atom is -0.493 e. The zero-order chi connectivity index (χ0) is 22.4. The largest absolute Gasteiger partial charge is 0.493 e. The molecule has 162 valence electrons. The molecule has 8 nitrogen and oxygen atoms in total. The highest BCUT2D eigenvalue weighted by Gasteiger charge is 2.45. The van der Waals surface area contributed by atoms with Gasteiger partial charge in [-0.05, 0) is 43.7 Å². The summed E-state index contributed by atoms with van der Waals surface area (Å²) in [5.41, 5.74) is 3.53. The number of methoxy groups -OCH3 is 1. The Balaban J connectivity index is 1.78. The first-order chi connectivity index (χ1) is 15.5. The third kappa shape index (κ3) is 3.04. The van der Waals surface area contributed by atoms with Gasteiger partial charge in [0.25, 0.3) is 5.91 Å². The van der Waals surface area contributed by atoms with Crippen LogP contribution in [-0.4, -0.2) is 29.8 Å². The average molecular weight is 449 g/mol. The summed E-state index contributed by atoms with van der Waals surface area (Å²) in [5, 5.41) is 8.76. The number of ether oxygens (including phenoxy) is 2. The molecule has 0 spiro atoms. The van der Waals surface area contributed by atoms with Crippen molar-refractivity contribution < 1.29 is 18.7 Å². The lowest BCUT2D eigenvalue weighted by Gasteiger charge is -2.23. The topological polar surface area (TPSA) is 94.8 Å². The molecule has 0 saturated carbocycles. The van der Waals surface area contributed by atoms with Gasteiger partial charge in [0.1, 0.15) is 11.1 Å². The highest BCUT2D eigenvalue weighted by Crippen LogP contribution is 2.43. The molecule has 2 aromatic carbocycles. The van der Waals surface area contributed by atoms with Gasteiger partial charge in [0.05, 0.1) is 30.7 Å². The lowest BCUT2D eigenvalue weighted by molar-refractivity contribution is 0.0970. The summed E-state index contributed by atoms with van der Waals surface area (Å²) in [4.78, 5) is 28.5. The summed E-state index contributed by atoms with van der Waals surface area (Å²) < 4.78 is 17.1. The fraction of sp³-hybridized carbons (Fsp3) is 0.217. The van der Waals surface area contributed by atoms with Crippen molar-refractivity contribution >= 4 is 33.3 Å². The number of aryl methyl sites for hydroxylation is 1. The van der Waals surface area contributed by atoms with E-state index in [9.17, 15) is 9.59 Å². The Morgan fingerprint density at radius 2 is 2.00 bits per heavy atom. The summed E-state index contributed by atoms with van der Waals surface area (Å²) >= 11 is 1.21. The smallest absolute Gasteiger partial charge is 0.297 e. The van der Waals surface area contributed by atoms with Gasteiger partial charge in [0.2, 0.25) is 10.9 Å². The van der Waals surface area contributed by atoms with Gasteiger partial charge in [-0.25, -0.2) is 0 Å². The third-order valence-electron chi connectivity index (χ3n) is 5.38. The molecule has 0 unspecified atom stereocenters. The van der Waals surface area contributed by atoms with Crippen molar-refractivity contribution in [2.45, 2.75) is 19.9 Å². The van der Waals surface area contributed by atoms with E-state index in [0.29, 0.717) is 39.8 Å². The molecule has 0 N–H and O–H groups in total. The lowest BCUT2D eigenvalue weighted by Crippen LogP contribution is -2.29. The Hall–Kier alpha value is -3.72. The maximum Gasteiger partial charge on any atom is 0.297 e. The molecule has 1 aliphatic rings. The molecule has 1 amide bonds. The first-order valence-corrected chi connectivity index (χ1v) is 10.9. The maximum absolute atomic E-state index is 13.6. The van der Waals surface area contributed by atoms with Crippen LogP contribution >= 0.6 is 11.3 Å². The lowest BCUT2D eigenvalue weighted by atomic mass is 9.98. The minimum atomic E-state index is -0.740. The Labute approximate surface area is 187 Å². The highest BCUT2D eigenvalue weighted by molar-refractivity contribution is 7.13. The summed E-state index contributed by atoms with van der Waals surface area (Å²) in [6.45, 7) is 4.26. The average Bonchev–Trinajstić information content (AvgIpc) is 3.41. The van der Waals surface area contributed by atoms with Crippen LogP contribution in [0.25, 0.3) is 11.0 Å². The van der Waals surface area contributed by atoms with Gasteiger partial charge in [-0.3, -0.25) is 14.5 Å². The quantitative estimate of drug-likeness (QED) is 0.452. The van der Waals surface area contributed by atoms with Crippen molar-refractivity contribution in [2.24, 2.45) is 0 Å². The number of benzene rings is 2. The van der Waals surface area contributed by atoms with Crippen molar-refractivity contribution in [1.82, 2.24) is 10.2 Å². The van der Waals surface area contributed by atoms with E-state index in [4.69, 9.17) is 13.9 Å². The molecule has 2 aromatic heterocycles. The predicted molar refractivity (Wildman–Crippen MR) is 120 cm³/mol. The van der Waals surface area contributed by atoms with Gasteiger partial charge in [-0.15, -0.1) is 10.2 Å². The molecular weight excluding hydrogens is 430 g/mol. The Bertz CT molecular complexity index is 1400. The van der Waals surface area contributed by atoms with Crippen LogP contribution in [0.2, 0.25) is 0 Å². The minimum absolute atomic E-state index is 0.0133. The first-order valence-electron chi connectivity index (χ1n) is 10.0. The van der Waals surface area contributed by atoms with E-state index < -0.39 is 11.9 Å². The SMILES string of the molecule is CCOc1ccc([C@H]2c3c(oc4ccc(C)cc4c3=O)C(=O)N2c2nncs2)cc1OC. The molecule has 9 heteroatoms. The second-order valence-electron chi connectivity index (χ2n) is 7.32. The molecule has 0 fully saturated rings. The van der Waals surface area contributed by atoms with E-state index in [1.165, 1.54) is 21.7 Å². The van der Waals surface area contributed by atoms with Gasteiger partial charge in [-0.2, -0.15) is 0 Å². The van der Waals surface area contributed by atoms with Crippen LogP contribution in [0.5, 0.6) is 11.5 Å². The normalized spacial score (nSPS) is 15.3. The molecular formula is C23H19N3O5S.